The van der Waals surface area contributed by atoms with Crippen molar-refractivity contribution in [3.05, 3.63) is 48.0 Å². The van der Waals surface area contributed by atoms with Crippen LogP contribution in [-0.4, -0.2) is 27.5 Å². The number of hydrogen-bond donors (Lipinski definition) is 2. The van der Waals surface area contributed by atoms with Gasteiger partial charge in [-0.3, -0.25) is 4.31 Å². The number of nitrogens with zero attached hydrogens (tertiary/aromatic N) is 1. The minimum absolute atomic E-state index is 0.148. The van der Waals surface area contributed by atoms with Crippen LogP contribution in [-0.2, 0) is 16.6 Å². The number of halogens is 1. The second-order valence-electron chi connectivity index (χ2n) is 4.34. The van der Waals surface area contributed by atoms with Crippen LogP contribution < -0.4 is 9.62 Å². The Bertz CT molecular complexity index is 697. The van der Waals surface area contributed by atoms with Gasteiger partial charge in [-0.15, -0.1) is 0 Å². The third kappa shape index (κ3) is 2.83. The van der Waals surface area contributed by atoms with Gasteiger partial charge in [0.2, 0.25) is 0 Å². The van der Waals surface area contributed by atoms with Crippen LogP contribution in [0, 0.1) is 5.82 Å². The maximum absolute atomic E-state index is 13.2. The fraction of sp³-hybridized carbons (Fsp3) is 0.231. The average molecular weight is 297 g/mol. The van der Waals surface area contributed by atoms with Gasteiger partial charge in [0.15, 0.2) is 0 Å². The lowest BCUT2D eigenvalue weighted by molar-refractivity contribution is 0.594. The van der Waals surface area contributed by atoms with Gasteiger partial charge in [0.1, 0.15) is 10.7 Å². The van der Waals surface area contributed by atoms with E-state index in [2.05, 4.69) is 10.3 Å². The Labute approximate surface area is 117 Å². The summed E-state index contributed by atoms with van der Waals surface area (Å²) < 4.78 is 39.1. The molecule has 0 aliphatic rings. The Morgan fingerprint density at radius 1 is 1.35 bits per heavy atom. The number of H-pyrrole nitrogens is 1. The molecule has 0 atom stereocenters. The Morgan fingerprint density at radius 2 is 2.10 bits per heavy atom. The summed E-state index contributed by atoms with van der Waals surface area (Å²) in [6.07, 6.45) is 1.43. The first-order valence-corrected chi connectivity index (χ1v) is 7.45. The SMILES string of the molecule is CNCc1cc(S(=O)(=O)N(C)c2cccc(F)c2)c[nH]1. The summed E-state index contributed by atoms with van der Waals surface area (Å²) in [6.45, 7) is 0.541. The molecule has 0 amide bonds. The monoisotopic (exact) mass is 297 g/mol. The number of benzene rings is 1. The fourth-order valence-electron chi connectivity index (χ4n) is 1.83. The quantitative estimate of drug-likeness (QED) is 0.883. The van der Waals surface area contributed by atoms with E-state index in [4.69, 9.17) is 0 Å². The number of nitrogens with one attached hydrogen (secondary N) is 2. The maximum atomic E-state index is 13.2. The molecule has 0 fully saturated rings. The van der Waals surface area contributed by atoms with Gasteiger partial charge in [-0.1, -0.05) is 6.07 Å². The topological polar surface area (TPSA) is 65.2 Å². The van der Waals surface area contributed by atoms with Gasteiger partial charge in [-0.2, -0.15) is 0 Å². The highest BCUT2D eigenvalue weighted by molar-refractivity contribution is 7.92. The zero-order chi connectivity index (χ0) is 14.8. The highest BCUT2D eigenvalue weighted by Crippen LogP contribution is 2.23. The van der Waals surface area contributed by atoms with Gasteiger partial charge in [-0.25, -0.2) is 12.8 Å². The predicted molar refractivity (Wildman–Crippen MR) is 75.5 cm³/mol. The standard InChI is InChI=1S/C13H16FN3O2S/c1-15-8-11-7-13(9-16-11)20(18,19)17(2)12-5-3-4-10(14)6-12/h3-7,9,15-16H,8H2,1-2H3. The minimum Gasteiger partial charge on any atom is -0.363 e. The molecular formula is C13H16FN3O2S. The predicted octanol–water partition coefficient (Wildman–Crippen LogP) is 1.70. The molecule has 108 valence electrons. The molecule has 0 radical (unpaired) electrons. The van der Waals surface area contributed by atoms with Crippen LogP contribution in [0.4, 0.5) is 10.1 Å². The van der Waals surface area contributed by atoms with E-state index in [1.54, 1.807) is 19.2 Å². The summed E-state index contributed by atoms with van der Waals surface area (Å²) in [5.41, 5.74) is 1.04. The van der Waals surface area contributed by atoms with Crippen molar-refractivity contribution in [2.75, 3.05) is 18.4 Å². The molecule has 1 aromatic carbocycles. The summed E-state index contributed by atoms with van der Waals surface area (Å²) in [4.78, 5) is 3.04. The van der Waals surface area contributed by atoms with Gasteiger partial charge in [0.25, 0.3) is 10.0 Å². The van der Waals surface area contributed by atoms with E-state index in [1.165, 1.54) is 31.4 Å². The van der Waals surface area contributed by atoms with Crippen molar-refractivity contribution in [2.45, 2.75) is 11.4 Å². The lowest BCUT2D eigenvalue weighted by Gasteiger charge is -2.18. The summed E-state index contributed by atoms with van der Waals surface area (Å²) in [7, 11) is -0.529. The molecule has 0 aliphatic carbocycles. The van der Waals surface area contributed by atoms with Crippen molar-refractivity contribution < 1.29 is 12.8 Å². The molecule has 2 aromatic rings. The lowest BCUT2D eigenvalue weighted by Crippen LogP contribution is -2.26. The maximum Gasteiger partial charge on any atom is 0.265 e. The van der Waals surface area contributed by atoms with Crippen molar-refractivity contribution in [3.63, 3.8) is 0 Å². The summed E-state index contributed by atoms with van der Waals surface area (Å²) in [6, 6.07) is 7.02. The second kappa shape index (κ2) is 5.64. The second-order valence-corrected chi connectivity index (χ2v) is 6.31. The van der Waals surface area contributed by atoms with Crippen LogP contribution in [0.5, 0.6) is 0 Å². The molecule has 1 heterocycles. The van der Waals surface area contributed by atoms with E-state index in [1.807, 2.05) is 0 Å². The Hall–Kier alpha value is -1.86. The third-order valence-corrected chi connectivity index (χ3v) is 4.68. The molecule has 0 saturated carbocycles. The molecule has 7 heteroatoms. The Balaban J connectivity index is 2.33. The van der Waals surface area contributed by atoms with Crippen molar-refractivity contribution in [3.8, 4) is 0 Å². The number of sulfonamides is 1. The first kappa shape index (κ1) is 14.5. The van der Waals surface area contributed by atoms with Crippen LogP contribution in [0.25, 0.3) is 0 Å². The minimum atomic E-state index is -3.70. The molecule has 2 rings (SSSR count). The van der Waals surface area contributed by atoms with Crippen LogP contribution in [0.3, 0.4) is 0 Å². The van der Waals surface area contributed by atoms with Gasteiger partial charge in [0, 0.05) is 25.5 Å². The molecule has 0 saturated heterocycles. The zero-order valence-electron chi connectivity index (χ0n) is 11.2. The van der Waals surface area contributed by atoms with Crippen LogP contribution in [0.1, 0.15) is 5.69 Å². The average Bonchev–Trinajstić information content (AvgIpc) is 2.87. The van der Waals surface area contributed by atoms with Crippen LogP contribution >= 0.6 is 0 Å². The molecule has 2 N–H and O–H groups in total. The molecule has 0 aliphatic heterocycles. The van der Waals surface area contributed by atoms with Gasteiger partial charge in [-0.05, 0) is 31.3 Å². The number of aromatic nitrogens is 1. The summed E-state index contributed by atoms with van der Waals surface area (Å²) >= 11 is 0. The zero-order valence-corrected chi connectivity index (χ0v) is 12.0. The van der Waals surface area contributed by atoms with Crippen LogP contribution in [0.15, 0.2) is 41.4 Å². The number of aromatic amines is 1. The van der Waals surface area contributed by atoms with Gasteiger partial charge >= 0.3 is 0 Å². The van der Waals surface area contributed by atoms with Gasteiger partial charge in [0.05, 0.1) is 5.69 Å². The Morgan fingerprint density at radius 3 is 2.75 bits per heavy atom. The lowest BCUT2D eigenvalue weighted by atomic mass is 10.3. The fourth-order valence-corrected chi connectivity index (χ4v) is 3.04. The highest BCUT2D eigenvalue weighted by Gasteiger charge is 2.22. The first-order chi connectivity index (χ1) is 9.45. The molecule has 0 unspecified atom stereocenters. The molecule has 5 nitrogen and oxygen atoms in total. The van der Waals surface area contributed by atoms with Crippen LogP contribution in [0.2, 0.25) is 0 Å². The Kier molecular flexibility index (Phi) is 4.10. The molecule has 20 heavy (non-hydrogen) atoms. The molecule has 0 spiro atoms. The number of anilines is 1. The first-order valence-electron chi connectivity index (χ1n) is 6.01. The number of hydrogen-bond acceptors (Lipinski definition) is 3. The van der Waals surface area contributed by atoms with E-state index < -0.39 is 15.8 Å². The third-order valence-electron chi connectivity index (χ3n) is 2.91. The van der Waals surface area contributed by atoms with E-state index in [0.717, 1.165) is 10.00 Å². The highest BCUT2D eigenvalue weighted by atomic mass is 32.2. The largest absolute Gasteiger partial charge is 0.363 e. The van der Waals surface area contributed by atoms with Crippen molar-refractivity contribution in [2.24, 2.45) is 0 Å². The van der Waals surface area contributed by atoms with Gasteiger partial charge < -0.3 is 10.3 Å². The molecular weight excluding hydrogens is 281 g/mol. The molecule has 0 bridgehead atoms. The van der Waals surface area contributed by atoms with Crippen molar-refractivity contribution >= 4 is 15.7 Å². The van der Waals surface area contributed by atoms with Crippen molar-refractivity contribution in [1.82, 2.24) is 10.3 Å². The van der Waals surface area contributed by atoms with E-state index in [-0.39, 0.29) is 10.6 Å². The summed E-state index contributed by atoms with van der Waals surface area (Å²) in [5.74, 6) is -0.477. The smallest absolute Gasteiger partial charge is 0.265 e. The van der Waals surface area contributed by atoms with E-state index in [9.17, 15) is 12.8 Å². The number of rotatable bonds is 5. The summed E-state index contributed by atoms with van der Waals surface area (Å²) in [5, 5.41) is 2.93. The normalized spacial score (nSPS) is 11.6. The van der Waals surface area contributed by atoms with E-state index in [0.29, 0.717) is 6.54 Å². The van der Waals surface area contributed by atoms with Crippen molar-refractivity contribution in [1.29, 1.82) is 0 Å². The van der Waals surface area contributed by atoms with E-state index >= 15 is 0 Å². The molecule has 1 aromatic heterocycles.